The Kier molecular flexibility index (Phi) is 3.48. The summed E-state index contributed by atoms with van der Waals surface area (Å²) in [6, 6.07) is 0.410. The van der Waals surface area contributed by atoms with Crippen LogP contribution in [0, 0.1) is 5.41 Å². The highest BCUT2D eigenvalue weighted by Gasteiger charge is 2.47. The standard InChI is InChI=1S/C14H26N2O/c1-13(2)9-11(13)16-12(17)10-14(15-3)7-5-4-6-8-14/h11,15H,4-10H2,1-3H3,(H,16,17). The normalized spacial score (nSPS) is 29.7. The molecule has 17 heavy (non-hydrogen) atoms. The van der Waals surface area contributed by atoms with Gasteiger partial charge in [0, 0.05) is 18.0 Å². The molecule has 0 aromatic carbocycles. The van der Waals surface area contributed by atoms with Gasteiger partial charge in [-0.05, 0) is 31.7 Å². The zero-order valence-electron chi connectivity index (χ0n) is 11.4. The summed E-state index contributed by atoms with van der Waals surface area (Å²) in [6.45, 7) is 4.43. The van der Waals surface area contributed by atoms with E-state index in [9.17, 15) is 4.79 Å². The first-order valence-corrected chi connectivity index (χ1v) is 6.96. The van der Waals surface area contributed by atoms with Gasteiger partial charge >= 0.3 is 0 Å². The zero-order valence-corrected chi connectivity index (χ0v) is 11.4. The molecule has 2 N–H and O–H groups in total. The van der Waals surface area contributed by atoms with E-state index in [2.05, 4.69) is 24.5 Å². The molecule has 0 saturated heterocycles. The summed E-state index contributed by atoms with van der Waals surface area (Å²) in [7, 11) is 2.00. The Morgan fingerprint density at radius 2 is 1.82 bits per heavy atom. The molecule has 2 saturated carbocycles. The Balaban J connectivity index is 1.84. The molecule has 1 amide bonds. The van der Waals surface area contributed by atoms with Gasteiger partial charge in [0.1, 0.15) is 0 Å². The highest BCUT2D eigenvalue weighted by molar-refractivity contribution is 5.78. The van der Waals surface area contributed by atoms with Crippen molar-refractivity contribution in [2.45, 2.75) is 70.4 Å². The molecule has 2 rings (SSSR count). The van der Waals surface area contributed by atoms with Crippen LogP contribution in [0.2, 0.25) is 0 Å². The molecule has 0 spiro atoms. The lowest BCUT2D eigenvalue weighted by Gasteiger charge is -2.36. The van der Waals surface area contributed by atoms with E-state index in [1.54, 1.807) is 0 Å². The average molecular weight is 238 g/mol. The van der Waals surface area contributed by atoms with Crippen LogP contribution >= 0.6 is 0 Å². The molecule has 3 heteroatoms. The van der Waals surface area contributed by atoms with E-state index in [0.29, 0.717) is 17.9 Å². The van der Waals surface area contributed by atoms with Gasteiger partial charge in [0.2, 0.25) is 5.91 Å². The number of hydrogen-bond acceptors (Lipinski definition) is 2. The predicted octanol–water partition coefficient (Wildman–Crippen LogP) is 2.21. The fourth-order valence-corrected chi connectivity index (χ4v) is 3.01. The quantitative estimate of drug-likeness (QED) is 0.788. The number of carbonyl (C=O) groups is 1. The molecule has 2 fully saturated rings. The molecule has 0 radical (unpaired) electrons. The summed E-state index contributed by atoms with van der Waals surface area (Å²) >= 11 is 0. The molecule has 98 valence electrons. The fraction of sp³-hybridized carbons (Fsp3) is 0.929. The SMILES string of the molecule is CNC1(CC(=O)NC2CC2(C)C)CCCCC1. The maximum atomic E-state index is 12.1. The van der Waals surface area contributed by atoms with E-state index < -0.39 is 0 Å². The molecular weight excluding hydrogens is 212 g/mol. The molecule has 1 unspecified atom stereocenters. The maximum Gasteiger partial charge on any atom is 0.222 e. The van der Waals surface area contributed by atoms with Crippen molar-refractivity contribution in [3.8, 4) is 0 Å². The van der Waals surface area contributed by atoms with Crippen molar-refractivity contribution in [3.05, 3.63) is 0 Å². The summed E-state index contributed by atoms with van der Waals surface area (Å²) in [5.41, 5.74) is 0.399. The van der Waals surface area contributed by atoms with E-state index in [1.165, 1.54) is 19.3 Å². The highest BCUT2D eigenvalue weighted by atomic mass is 16.1. The van der Waals surface area contributed by atoms with Gasteiger partial charge in [-0.1, -0.05) is 33.1 Å². The van der Waals surface area contributed by atoms with E-state index in [-0.39, 0.29) is 11.4 Å². The lowest BCUT2D eigenvalue weighted by atomic mass is 9.79. The van der Waals surface area contributed by atoms with Crippen molar-refractivity contribution in [3.63, 3.8) is 0 Å². The summed E-state index contributed by atoms with van der Waals surface area (Å²) in [6.07, 6.45) is 7.89. The van der Waals surface area contributed by atoms with Crippen LogP contribution in [0.1, 0.15) is 58.8 Å². The van der Waals surface area contributed by atoms with Crippen LogP contribution in [0.3, 0.4) is 0 Å². The number of carbonyl (C=O) groups excluding carboxylic acids is 1. The Bertz CT molecular complexity index is 293. The molecule has 0 aromatic rings. The van der Waals surface area contributed by atoms with E-state index in [0.717, 1.165) is 19.3 Å². The summed E-state index contributed by atoms with van der Waals surface area (Å²) in [4.78, 5) is 12.1. The number of nitrogens with one attached hydrogen (secondary N) is 2. The molecule has 0 heterocycles. The molecule has 1 atom stereocenters. The molecular formula is C14H26N2O. The zero-order chi connectivity index (χ0) is 12.5. The third-order valence-electron chi connectivity index (χ3n) is 4.69. The lowest BCUT2D eigenvalue weighted by Crippen LogP contribution is -2.48. The first-order valence-electron chi connectivity index (χ1n) is 6.96. The van der Waals surface area contributed by atoms with Crippen molar-refractivity contribution in [2.24, 2.45) is 5.41 Å². The Labute approximate surface area is 105 Å². The Hall–Kier alpha value is -0.570. The van der Waals surface area contributed by atoms with E-state index >= 15 is 0 Å². The lowest BCUT2D eigenvalue weighted by molar-refractivity contribution is -0.123. The third-order valence-corrected chi connectivity index (χ3v) is 4.69. The second-order valence-corrected chi connectivity index (χ2v) is 6.58. The van der Waals surface area contributed by atoms with Crippen LogP contribution in [-0.2, 0) is 4.79 Å². The van der Waals surface area contributed by atoms with Crippen molar-refractivity contribution in [1.29, 1.82) is 0 Å². The van der Waals surface area contributed by atoms with E-state index in [4.69, 9.17) is 0 Å². The molecule has 2 aliphatic carbocycles. The topological polar surface area (TPSA) is 41.1 Å². The smallest absolute Gasteiger partial charge is 0.222 e. The number of amides is 1. The minimum atomic E-state index is 0.0708. The van der Waals surface area contributed by atoms with Crippen LogP contribution in [0.4, 0.5) is 0 Å². The molecule has 0 aromatic heterocycles. The molecule has 2 aliphatic rings. The molecule has 0 bridgehead atoms. The van der Waals surface area contributed by atoms with Gasteiger partial charge in [0.15, 0.2) is 0 Å². The number of hydrogen-bond donors (Lipinski definition) is 2. The molecule has 0 aliphatic heterocycles. The van der Waals surface area contributed by atoms with Gasteiger partial charge < -0.3 is 10.6 Å². The monoisotopic (exact) mass is 238 g/mol. The van der Waals surface area contributed by atoms with Crippen molar-refractivity contribution in [2.75, 3.05) is 7.05 Å². The Morgan fingerprint density at radius 1 is 1.24 bits per heavy atom. The summed E-state index contributed by atoms with van der Waals surface area (Å²) in [5.74, 6) is 0.233. The average Bonchev–Trinajstić information content (AvgIpc) is 2.87. The predicted molar refractivity (Wildman–Crippen MR) is 69.8 cm³/mol. The summed E-state index contributed by atoms with van der Waals surface area (Å²) in [5, 5.41) is 6.57. The van der Waals surface area contributed by atoms with Crippen LogP contribution in [-0.4, -0.2) is 24.5 Å². The third kappa shape index (κ3) is 3.01. The van der Waals surface area contributed by atoms with Crippen molar-refractivity contribution < 1.29 is 4.79 Å². The minimum Gasteiger partial charge on any atom is -0.353 e. The fourth-order valence-electron chi connectivity index (χ4n) is 3.01. The van der Waals surface area contributed by atoms with Crippen LogP contribution < -0.4 is 10.6 Å². The van der Waals surface area contributed by atoms with Gasteiger partial charge in [-0.25, -0.2) is 0 Å². The van der Waals surface area contributed by atoms with Crippen molar-refractivity contribution >= 4 is 5.91 Å². The van der Waals surface area contributed by atoms with Gasteiger partial charge in [-0.15, -0.1) is 0 Å². The largest absolute Gasteiger partial charge is 0.353 e. The Morgan fingerprint density at radius 3 is 2.29 bits per heavy atom. The first kappa shape index (κ1) is 12.9. The van der Waals surface area contributed by atoms with E-state index in [1.807, 2.05) is 7.05 Å². The van der Waals surface area contributed by atoms with Gasteiger partial charge in [0.05, 0.1) is 0 Å². The first-order chi connectivity index (χ1) is 7.97. The second kappa shape index (κ2) is 4.60. The molecule has 3 nitrogen and oxygen atoms in total. The van der Waals surface area contributed by atoms with Crippen molar-refractivity contribution in [1.82, 2.24) is 10.6 Å². The van der Waals surface area contributed by atoms with Crippen LogP contribution in [0.5, 0.6) is 0 Å². The van der Waals surface area contributed by atoms with Crippen LogP contribution in [0.15, 0.2) is 0 Å². The van der Waals surface area contributed by atoms with Crippen LogP contribution in [0.25, 0.3) is 0 Å². The maximum absolute atomic E-state index is 12.1. The van der Waals surface area contributed by atoms with Gasteiger partial charge in [-0.3, -0.25) is 4.79 Å². The second-order valence-electron chi connectivity index (χ2n) is 6.58. The minimum absolute atomic E-state index is 0.0708. The van der Waals surface area contributed by atoms with Gasteiger partial charge in [0.25, 0.3) is 0 Å². The summed E-state index contributed by atoms with van der Waals surface area (Å²) < 4.78 is 0. The highest BCUT2D eigenvalue weighted by Crippen LogP contribution is 2.44. The van der Waals surface area contributed by atoms with Gasteiger partial charge in [-0.2, -0.15) is 0 Å². The number of rotatable bonds is 4.